The van der Waals surface area contributed by atoms with Crippen LogP contribution in [0.15, 0.2) is 54.6 Å². The molecule has 0 spiro atoms. The van der Waals surface area contributed by atoms with Crippen LogP contribution >= 0.6 is 11.6 Å². The highest BCUT2D eigenvalue weighted by Crippen LogP contribution is 2.25. The van der Waals surface area contributed by atoms with Crippen molar-refractivity contribution in [1.29, 1.82) is 0 Å². The molecule has 0 heterocycles. The zero-order valence-corrected chi connectivity index (χ0v) is 9.91. The molecule has 1 nitrogen and oxygen atoms in total. The maximum absolute atomic E-state index is 6.09. The van der Waals surface area contributed by atoms with Crippen molar-refractivity contribution in [2.24, 2.45) is 0 Å². The van der Waals surface area contributed by atoms with Gasteiger partial charge in [0.1, 0.15) is 0 Å². The topological polar surface area (TPSA) is 12.0 Å². The summed E-state index contributed by atoms with van der Waals surface area (Å²) >= 11 is 6.09. The van der Waals surface area contributed by atoms with E-state index in [2.05, 4.69) is 24.4 Å². The van der Waals surface area contributed by atoms with E-state index in [0.717, 1.165) is 10.7 Å². The molecule has 0 aliphatic carbocycles. The van der Waals surface area contributed by atoms with Gasteiger partial charge in [-0.15, -0.1) is 0 Å². The zero-order chi connectivity index (χ0) is 11.4. The van der Waals surface area contributed by atoms with E-state index in [9.17, 15) is 0 Å². The summed E-state index contributed by atoms with van der Waals surface area (Å²) in [5.41, 5.74) is 2.22. The van der Waals surface area contributed by atoms with E-state index in [4.69, 9.17) is 11.6 Å². The van der Waals surface area contributed by atoms with Crippen molar-refractivity contribution >= 4 is 17.3 Å². The van der Waals surface area contributed by atoms with Crippen LogP contribution in [-0.4, -0.2) is 0 Å². The van der Waals surface area contributed by atoms with Crippen LogP contribution in [0.2, 0.25) is 5.02 Å². The third-order valence-corrected chi connectivity index (χ3v) is 2.88. The Morgan fingerprint density at radius 1 is 0.938 bits per heavy atom. The average Bonchev–Trinajstić information content (AvgIpc) is 2.33. The van der Waals surface area contributed by atoms with Gasteiger partial charge in [-0.25, -0.2) is 0 Å². The fraction of sp³-hybridized carbons (Fsp3) is 0.143. The first-order chi connectivity index (χ1) is 7.77. The summed E-state index contributed by atoms with van der Waals surface area (Å²) in [7, 11) is 0. The second-order valence-corrected chi connectivity index (χ2v) is 4.16. The number of nitrogens with one attached hydrogen (secondary N) is 1. The summed E-state index contributed by atoms with van der Waals surface area (Å²) in [4.78, 5) is 0. The number of rotatable bonds is 3. The summed E-state index contributed by atoms with van der Waals surface area (Å²) < 4.78 is 0. The van der Waals surface area contributed by atoms with E-state index in [1.165, 1.54) is 5.56 Å². The molecule has 16 heavy (non-hydrogen) atoms. The lowest BCUT2D eigenvalue weighted by Gasteiger charge is -2.16. The Morgan fingerprint density at radius 2 is 1.56 bits per heavy atom. The molecule has 0 aliphatic rings. The molecule has 2 rings (SSSR count). The van der Waals surface area contributed by atoms with Gasteiger partial charge in [0.2, 0.25) is 0 Å². The molecule has 1 unspecified atom stereocenters. The Morgan fingerprint density at radius 3 is 2.25 bits per heavy atom. The molecule has 0 saturated heterocycles. The summed E-state index contributed by atoms with van der Waals surface area (Å²) in [6.45, 7) is 2.12. The minimum absolute atomic E-state index is 0.251. The first-order valence-corrected chi connectivity index (χ1v) is 5.71. The van der Waals surface area contributed by atoms with Gasteiger partial charge in [-0.1, -0.05) is 54.1 Å². The SMILES string of the molecule is CC(Nc1ccccc1Cl)c1ccccc1. The fourth-order valence-electron chi connectivity index (χ4n) is 1.64. The molecular weight excluding hydrogens is 218 g/mol. The van der Waals surface area contributed by atoms with E-state index >= 15 is 0 Å². The van der Waals surface area contributed by atoms with Gasteiger partial charge < -0.3 is 5.32 Å². The van der Waals surface area contributed by atoms with Crippen molar-refractivity contribution in [3.05, 3.63) is 65.2 Å². The normalized spacial score (nSPS) is 12.1. The van der Waals surface area contributed by atoms with Gasteiger partial charge in [0.05, 0.1) is 10.7 Å². The molecule has 2 aromatic carbocycles. The van der Waals surface area contributed by atoms with E-state index in [-0.39, 0.29) is 6.04 Å². The monoisotopic (exact) mass is 231 g/mol. The standard InChI is InChI=1S/C14H14ClN/c1-11(12-7-3-2-4-8-12)16-14-10-6-5-9-13(14)15/h2-11,16H,1H3. The minimum Gasteiger partial charge on any atom is -0.377 e. The highest BCUT2D eigenvalue weighted by atomic mass is 35.5. The van der Waals surface area contributed by atoms with Crippen LogP contribution in [-0.2, 0) is 0 Å². The number of hydrogen-bond acceptors (Lipinski definition) is 1. The van der Waals surface area contributed by atoms with Crippen molar-refractivity contribution in [2.75, 3.05) is 5.32 Å². The first kappa shape index (κ1) is 11.0. The van der Waals surface area contributed by atoms with Crippen LogP contribution in [0.5, 0.6) is 0 Å². The van der Waals surface area contributed by atoms with Gasteiger partial charge >= 0.3 is 0 Å². The first-order valence-electron chi connectivity index (χ1n) is 5.33. The fourth-order valence-corrected chi connectivity index (χ4v) is 1.83. The zero-order valence-electron chi connectivity index (χ0n) is 9.15. The second-order valence-electron chi connectivity index (χ2n) is 3.76. The second kappa shape index (κ2) is 5.04. The molecule has 0 aromatic heterocycles. The summed E-state index contributed by atoms with van der Waals surface area (Å²) in [6, 6.07) is 18.4. The van der Waals surface area contributed by atoms with Crippen LogP contribution in [0.3, 0.4) is 0 Å². The van der Waals surface area contributed by atoms with E-state index in [1.54, 1.807) is 0 Å². The molecule has 2 aromatic rings. The lowest BCUT2D eigenvalue weighted by Crippen LogP contribution is -2.06. The quantitative estimate of drug-likeness (QED) is 0.820. The van der Waals surface area contributed by atoms with Crippen molar-refractivity contribution in [3.63, 3.8) is 0 Å². The maximum Gasteiger partial charge on any atom is 0.0637 e. The largest absolute Gasteiger partial charge is 0.377 e. The molecule has 0 fully saturated rings. The average molecular weight is 232 g/mol. The molecule has 0 radical (unpaired) electrons. The third kappa shape index (κ3) is 2.56. The van der Waals surface area contributed by atoms with Gasteiger partial charge in [-0.2, -0.15) is 0 Å². The number of para-hydroxylation sites is 1. The van der Waals surface area contributed by atoms with Crippen molar-refractivity contribution in [2.45, 2.75) is 13.0 Å². The maximum atomic E-state index is 6.09. The van der Waals surface area contributed by atoms with Gasteiger partial charge in [-0.05, 0) is 24.6 Å². The highest BCUT2D eigenvalue weighted by molar-refractivity contribution is 6.33. The van der Waals surface area contributed by atoms with E-state index < -0.39 is 0 Å². The van der Waals surface area contributed by atoms with Crippen molar-refractivity contribution in [1.82, 2.24) is 0 Å². The predicted molar refractivity (Wildman–Crippen MR) is 69.9 cm³/mol. The van der Waals surface area contributed by atoms with Gasteiger partial charge in [0, 0.05) is 6.04 Å². The van der Waals surface area contributed by atoms with E-state index in [1.807, 2.05) is 42.5 Å². The Hall–Kier alpha value is -1.47. The Bertz CT molecular complexity index is 453. The van der Waals surface area contributed by atoms with Crippen molar-refractivity contribution in [3.8, 4) is 0 Å². The minimum atomic E-state index is 0.251. The Kier molecular flexibility index (Phi) is 3.47. The molecule has 1 N–H and O–H groups in total. The van der Waals surface area contributed by atoms with Crippen LogP contribution in [0.1, 0.15) is 18.5 Å². The van der Waals surface area contributed by atoms with E-state index in [0.29, 0.717) is 0 Å². The summed E-state index contributed by atoms with van der Waals surface area (Å²) in [5.74, 6) is 0. The summed E-state index contributed by atoms with van der Waals surface area (Å²) in [6.07, 6.45) is 0. The molecule has 0 amide bonds. The molecule has 0 saturated carbocycles. The van der Waals surface area contributed by atoms with Gasteiger partial charge in [0.25, 0.3) is 0 Å². The predicted octanol–water partition coefficient (Wildman–Crippen LogP) is 4.51. The molecule has 0 aliphatic heterocycles. The third-order valence-electron chi connectivity index (χ3n) is 2.55. The molecule has 0 bridgehead atoms. The smallest absolute Gasteiger partial charge is 0.0637 e. The van der Waals surface area contributed by atoms with Crippen LogP contribution in [0.4, 0.5) is 5.69 Å². The molecule has 2 heteroatoms. The lowest BCUT2D eigenvalue weighted by molar-refractivity contribution is 0.885. The van der Waals surface area contributed by atoms with Gasteiger partial charge in [-0.3, -0.25) is 0 Å². The number of halogens is 1. The number of anilines is 1. The number of benzene rings is 2. The van der Waals surface area contributed by atoms with Crippen LogP contribution < -0.4 is 5.32 Å². The van der Waals surface area contributed by atoms with Crippen LogP contribution in [0.25, 0.3) is 0 Å². The van der Waals surface area contributed by atoms with Gasteiger partial charge in [0.15, 0.2) is 0 Å². The molecule has 1 atom stereocenters. The summed E-state index contributed by atoms with van der Waals surface area (Å²) in [5, 5.41) is 4.15. The Labute approximate surface area is 101 Å². The van der Waals surface area contributed by atoms with Crippen LogP contribution in [0, 0.1) is 0 Å². The van der Waals surface area contributed by atoms with Crippen molar-refractivity contribution < 1.29 is 0 Å². The molecular formula is C14H14ClN. The highest BCUT2D eigenvalue weighted by Gasteiger charge is 2.05. The lowest BCUT2D eigenvalue weighted by atomic mass is 10.1. The number of hydrogen-bond donors (Lipinski definition) is 1. The molecule has 82 valence electrons. The Balaban J connectivity index is 2.14.